The Balaban J connectivity index is 1.18. The van der Waals surface area contributed by atoms with Crippen molar-refractivity contribution in [3.05, 3.63) is 24.0 Å². The van der Waals surface area contributed by atoms with Crippen molar-refractivity contribution in [2.24, 2.45) is 11.8 Å². The van der Waals surface area contributed by atoms with E-state index in [1.54, 1.807) is 0 Å². The van der Waals surface area contributed by atoms with E-state index >= 15 is 0 Å². The van der Waals surface area contributed by atoms with Gasteiger partial charge in [-0.25, -0.2) is 19.2 Å². The number of aromatic nitrogens is 2. The van der Waals surface area contributed by atoms with Crippen LogP contribution in [0.25, 0.3) is 0 Å². The van der Waals surface area contributed by atoms with Crippen molar-refractivity contribution in [3.8, 4) is 0 Å². The van der Waals surface area contributed by atoms with Gasteiger partial charge >= 0.3 is 6.09 Å². The summed E-state index contributed by atoms with van der Waals surface area (Å²) in [6, 6.07) is 0.231. The van der Waals surface area contributed by atoms with Gasteiger partial charge in [-0.05, 0) is 44.9 Å². The van der Waals surface area contributed by atoms with Gasteiger partial charge in [-0.3, -0.25) is 4.90 Å². The molecule has 32 heavy (non-hydrogen) atoms. The summed E-state index contributed by atoms with van der Waals surface area (Å²) in [5, 5.41) is 3.65. The van der Waals surface area contributed by atoms with Crippen molar-refractivity contribution < 1.29 is 23.4 Å². The minimum atomic E-state index is -0.395. The van der Waals surface area contributed by atoms with E-state index in [2.05, 4.69) is 22.2 Å². The summed E-state index contributed by atoms with van der Waals surface area (Å²) < 4.78 is 30.0. The maximum Gasteiger partial charge on any atom is 0.410 e. The zero-order valence-corrected chi connectivity index (χ0v) is 18.8. The summed E-state index contributed by atoms with van der Waals surface area (Å²) in [5.74, 6) is 1.41. The Hall–Kier alpha value is -1.84. The molecule has 2 aliphatic heterocycles. The van der Waals surface area contributed by atoms with E-state index in [4.69, 9.17) is 14.2 Å². The zero-order valence-electron chi connectivity index (χ0n) is 18.8. The molecule has 1 aromatic heterocycles. The van der Waals surface area contributed by atoms with E-state index in [-0.39, 0.29) is 35.7 Å². The molecule has 0 radical (unpaired) electrons. The van der Waals surface area contributed by atoms with E-state index in [1.807, 2.05) is 4.90 Å². The summed E-state index contributed by atoms with van der Waals surface area (Å²) in [5.41, 5.74) is 0.00240. The van der Waals surface area contributed by atoms with Crippen LogP contribution in [0.5, 0.6) is 0 Å². The third kappa shape index (κ3) is 4.10. The molecule has 4 aliphatic rings. The molecule has 1 N–H and O–H groups in total. The second-order valence-electron chi connectivity index (χ2n) is 9.96. The van der Waals surface area contributed by atoms with Crippen molar-refractivity contribution in [1.82, 2.24) is 20.2 Å². The minimum Gasteiger partial charge on any atom is -0.453 e. The maximum absolute atomic E-state index is 13.2. The number of carbonyl (C=O) groups excluding carboxylic acids is 1. The number of fused-ring (bicyclic) bond motifs is 1. The van der Waals surface area contributed by atoms with E-state index in [0.29, 0.717) is 18.4 Å². The molecule has 1 aromatic rings. The van der Waals surface area contributed by atoms with Crippen LogP contribution in [0.3, 0.4) is 0 Å². The van der Waals surface area contributed by atoms with E-state index < -0.39 is 5.82 Å². The van der Waals surface area contributed by atoms with Gasteiger partial charge in [0.15, 0.2) is 5.82 Å². The Kier molecular flexibility index (Phi) is 6.07. The molecule has 0 spiro atoms. The predicted octanol–water partition coefficient (Wildman–Crippen LogP) is 2.28. The minimum absolute atomic E-state index is 0.00240. The first-order chi connectivity index (χ1) is 15.5. The lowest BCUT2D eigenvalue weighted by Gasteiger charge is -2.34. The first kappa shape index (κ1) is 22.0. The summed E-state index contributed by atoms with van der Waals surface area (Å²) in [6.07, 6.45) is 7.16. The third-order valence-electron chi connectivity index (χ3n) is 7.91. The Morgan fingerprint density at radius 3 is 2.78 bits per heavy atom. The highest BCUT2D eigenvalue weighted by molar-refractivity contribution is 5.69. The van der Waals surface area contributed by atoms with E-state index in [1.165, 1.54) is 19.5 Å². The highest BCUT2D eigenvalue weighted by atomic mass is 19.1. The number of halogens is 1. The number of nitrogens with one attached hydrogen (secondary N) is 1. The SMILES string of the molecule is COC(=O)N1[C@H](C)C[C@H](NCC2COC2)[C@@H]1CO[C@H]1CC[C@@]2(c3ncc(F)cn3)C[C@H]2C1. The molecule has 6 atom stereocenters. The van der Waals surface area contributed by atoms with Crippen LogP contribution in [-0.4, -0.2) is 78.7 Å². The molecule has 2 aliphatic carbocycles. The molecule has 0 aromatic carbocycles. The average Bonchev–Trinajstić information content (AvgIpc) is 3.41. The highest BCUT2D eigenvalue weighted by Crippen LogP contribution is 2.61. The third-order valence-corrected chi connectivity index (χ3v) is 7.91. The van der Waals surface area contributed by atoms with Crippen LogP contribution in [0.4, 0.5) is 9.18 Å². The number of rotatable bonds is 7. The molecule has 2 saturated heterocycles. The fourth-order valence-electron chi connectivity index (χ4n) is 5.91. The number of methoxy groups -OCH3 is 1. The molecule has 0 bridgehead atoms. The van der Waals surface area contributed by atoms with Crippen LogP contribution in [0.1, 0.15) is 44.9 Å². The van der Waals surface area contributed by atoms with Crippen molar-refractivity contribution in [3.63, 3.8) is 0 Å². The number of carbonyl (C=O) groups is 1. The molecular weight excluding hydrogens is 415 g/mol. The van der Waals surface area contributed by atoms with Gasteiger partial charge in [0.1, 0.15) is 5.82 Å². The summed E-state index contributed by atoms with van der Waals surface area (Å²) in [4.78, 5) is 22.8. The van der Waals surface area contributed by atoms with Crippen LogP contribution in [0.15, 0.2) is 12.4 Å². The lowest BCUT2D eigenvalue weighted by atomic mass is 9.86. The second-order valence-corrected chi connectivity index (χ2v) is 9.96. The first-order valence-corrected chi connectivity index (χ1v) is 11.8. The van der Waals surface area contributed by atoms with E-state index in [9.17, 15) is 9.18 Å². The van der Waals surface area contributed by atoms with Crippen LogP contribution < -0.4 is 5.32 Å². The predicted molar refractivity (Wildman–Crippen MR) is 114 cm³/mol. The summed E-state index contributed by atoms with van der Waals surface area (Å²) in [6.45, 7) is 5.07. The number of amides is 1. The van der Waals surface area contributed by atoms with Crippen LogP contribution in [-0.2, 0) is 19.6 Å². The molecule has 8 nitrogen and oxygen atoms in total. The Morgan fingerprint density at radius 2 is 2.12 bits per heavy atom. The highest BCUT2D eigenvalue weighted by Gasteiger charge is 2.60. The smallest absolute Gasteiger partial charge is 0.410 e. The lowest BCUT2D eigenvalue weighted by Crippen LogP contribution is -2.51. The monoisotopic (exact) mass is 448 g/mol. The lowest BCUT2D eigenvalue weighted by molar-refractivity contribution is -0.0346. The number of likely N-dealkylation sites (tertiary alicyclic amines) is 1. The van der Waals surface area contributed by atoms with Crippen molar-refractivity contribution in [2.75, 3.05) is 33.5 Å². The largest absolute Gasteiger partial charge is 0.453 e. The van der Waals surface area contributed by atoms with Crippen LogP contribution in [0.2, 0.25) is 0 Å². The number of hydrogen-bond donors (Lipinski definition) is 1. The first-order valence-electron chi connectivity index (χ1n) is 11.8. The normalized spacial score (nSPS) is 36.5. The molecular formula is C23H33FN4O4. The van der Waals surface area contributed by atoms with Gasteiger partial charge in [0.05, 0.1) is 51.5 Å². The molecule has 1 amide bonds. The van der Waals surface area contributed by atoms with Crippen molar-refractivity contribution >= 4 is 6.09 Å². The molecule has 4 fully saturated rings. The quantitative estimate of drug-likeness (QED) is 0.685. The fourth-order valence-corrected chi connectivity index (χ4v) is 5.91. The number of ether oxygens (including phenoxy) is 3. The van der Waals surface area contributed by atoms with Gasteiger partial charge in [-0.15, -0.1) is 0 Å². The standard InChI is InChI=1S/C23H33FN4O4/c1-14-5-19(25-8-15-11-31-12-15)20(28(14)22(29)30-2)13-32-18-3-4-23(7-16(23)6-18)21-26-9-17(24)10-27-21/h9-10,14-16,18-20,25H,3-8,11-13H2,1-2H3/t14-,16-,18+,19+,20+,23-/m1/s1. The molecule has 5 rings (SSSR count). The molecule has 9 heteroatoms. The van der Waals surface area contributed by atoms with E-state index in [0.717, 1.165) is 57.7 Å². The Labute approximate surface area is 188 Å². The topological polar surface area (TPSA) is 85.8 Å². The van der Waals surface area contributed by atoms with Gasteiger partial charge in [-0.1, -0.05) is 0 Å². The van der Waals surface area contributed by atoms with Crippen LogP contribution >= 0.6 is 0 Å². The van der Waals surface area contributed by atoms with Gasteiger partial charge in [0.2, 0.25) is 0 Å². The van der Waals surface area contributed by atoms with Gasteiger partial charge in [-0.2, -0.15) is 0 Å². The Morgan fingerprint density at radius 1 is 1.34 bits per heavy atom. The maximum atomic E-state index is 13.2. The Bertz CT molecular complexity index is 823. The van der Waals surface area contributed by atoms with Crippen LogP contribution in [0, 0.1) is 17.7 Å². The molecule has 2 saturated carbocycles. The summed E-state index contributed by atoms with van der Waals surface area (Å²) in [7, 11) is 1.44. The molecule has 3 heterocycles. The summed E-state index contributed by atoms with van der Waals surface area (Å²) >= 11 is 0. The zero-order chi connectivity index (χ0) is 22.3. The van der Waals surface area contributed by atoms with Gasteiger partial charge < -0.3 is 19.5 Å². The number of nitrogens with zero attached hydrogens (tertiary/aromatic N) is 3. The number of hydrogen-bond acceptors (Lipinski definition) is 7. The fraction of sp³-hybridized carbons (Fsp3) is 0.783. The van der Waals surface area contributed by atoms with Gasteiger partial charge in [0, 0.05) is 30.0 Å². The van der Waals surface area contributed by atoms with Crippen molar-refractivity contribution in [1.29, 1.82) is 0 Å². The van der Waals surface area contributed by atoms with Gasteiger partial charge in [0.25, 0.3) is 0 Å². The average molecular weight is 449 g/mol. The van der Waals surface area contributed by atoms with Crippen molar-refractivity contribution in [2.45, 2.75) is 68.7 Å². The molecule has 0 unspecified atom stereocenters. The molecule has 176 valence electrons. The second kappa shape index (κ2) is 8.83.